The molecule has 0 aliphatic rings. The van der Waals surface area contributed by atoms with Crippen molar-refractivity contribution in [1.29, 1.82) is 0 Å². The molecule has 0 unspecified atom stereocenters. The molecule has 2 N–H and O–H groups in total. The van der Waals surface area contributed by atoms with Crippen LogP contribution in [0.15, 0.2) is 46.9 Å². The first kappa shape index (κ1) is 17.1. The van der Waals surface area contributed by atoms with Crippen LogP contribution in [0.3, 0.4) is 0 Å². The van der Waals surface area contributed by atoms with Gasteiger partial charge in [0.15, 0.2) is 11.5 Å². The fourth-order valence-electron chi connectivity index (χ4n) is 2.48. The number of fused-ring (bicyclic) bond motifs is 1. The maximum absolute atomic E-state index is 12.8. The van der Waals surface area contributed by atoms with E-state index in [0.717, 1.165) is 18.2 Å². The number of nitrogen functional groups attached to an aromatic ring is 1. The van der Waals surface area contributed by atoms with Crippen molar-refractivity contribution in [2.45, 2.75) is 18.3 Å². The summed E-state index contributed by atoms with van der Waals surface area (Å²) in [5, 5.41) is 0. The van der Waals surface area contributed by atoms with Crippen molar-refractivity contribution in [1.82, 2.24) is 4.98 Å². The molecule has 0 radical (unpaired) electrons. The molecule has 0 atom stereocenters. The summed E-state index contributed by atoms with van der Waals surface area (Å²) in [6.45, 7) is 0. The molecule has 1 heterocycles. The Bertz CT molecular complexity index is 899. The average Bonchev–Trinajstić information content (AvgIpc) is 2.87. The Balaban J connectivity index is 2.09. The first-order chi connectivity index (χ1) is 11.6. The second-order valence-corrected chi connectivity index (χ2v) is 5.39. The summed E-state index contributed by atoms with van der Waals surface area (Å²) in [5.74, 6) is -3.54. The van der Waals surface area contributed by atoms with Crippen LogP contribution in [0.2, 0.25) is 0 Å². The molecule has 0 saturated heterocycles. The van der Waals surface area contributed by atoms with Crippen LogP contribution in [-0.2, 0) is 0 Å². The van der Waals surface area contributed by atoms with E-state index in [2.05, 4.69) is 4.98 Å². The molecule has 0 saturated carbocycles. The molecule has 0 aliphatic heterocycles. The molecular weight excluding hydrogens is 350 g/mol. The first-order valence-electron chi connectivity index (χ1n) is 6.95. The van der Waals surface area contributed by atoms with Crippen molar-refractivity contribution in [3.63, 3.8) is 0 Å². The van der Waals surface area contributed by atoms with Crippen molar-refractivity contribution in [2.24, 2.45) is 0 Å². The van der Waals surface area contributed by atoms with E-state index in [4.69, 9.17) is 10.2 Å². The summed E-state index contributed by atoms with van der Waals surface area (Å²) >= 11 is 0. The number of rotatable bonds is 2. The number of hydrogen-bond donors (Lipinski definition) is 1. The van der Waals surface area contributed by atoms with E-state index in [1.807, 2.05) is 0 Å². The van der Waals surface area contributed by atoms with E-state index in [9.17, 15) is 26.3 Å². The van der Waals surface area contributed by atoms with E-state index < -0.39 is 23.8 Å². The monoisotopic (exact) mass is 360 g/mol. The largest absolute Gasteiger partial charge is 0.436 e. The Kier molecular flexibility index (Phi) is 3.89. The first-order valence-corrected chi connectivity index (χ1v) is 6.95. The van der Waals surface area contributed by atoms with Crippen LogP contribution in [0.4, 0.5) is 32.0 Å². The van der Waals surface area contributed by atoms with Gasteiger partial charge in [-0.2, -0.15) is 26.3 Å². The number of halogens is 6. The maximum Gasteiger partial charge on any atom is 0.404 e. The van der Waals surface area contributed by atoms with Gasteiger partial charge in [0.2, 0.25) is 5.89 Å². The van der Waals surface area contributed by atoms with Gasteiger partial charge in [-0.05, 0) is 35.9 Å². The van der Waals surface area contributed by atoms with Crippen LogP contribution in [-0.4, -0.2) is 17.3 Å². The van der Waals surface area contributed by atoms with E-state index >= 15 is 0 Å². The number of benzene rings is 2. The third kappa shape index (κ3) is 3.40. The van der Waals surface area contributed by atoms with Gasteiger partial charge >= 0.3 is 12.4 Å². The highest BCUT2D eigenvalue weighted by molar-refractivity contribution is 5.77. The molecule has 9 heteroatoms. The number of alkyl halides is 6. The Hall–Kier alpha value is -2.71. The molecule has 2 aromatic carbocycles. The minimum absolute atomic E-state index is 0.0509. The summed E-state index contributed by atoms with van der Waals surface area (Å²) < 4.78 is 82.4. The fourth-order valence-corrected chi connectivity index (χ4v) is 2.48. The number of hydrogen-bond acceptors (Lipinski definition) is 3. The zero-order chi connectivity index (χ0) is 18.4. The average molecular weight is 360 g/mol. The van der Waals surface area contributed by atoms with Gasteiger partial charge in [-0.3, -0.25) is 0 Å². The highest BCUT2D eigenvalue weighted by atomic mass is 19.4. The van der Waals surface area contributed by atoms with E-state index in [1.54, 1.807) is 18.2 Å². The highest BCUT2D eigenvalue weighted by Crippen LogP contribution is 2.46. The highest BCUT2D eigenvalue weighted by Gasteiger charge is 2.57. The SMILES string of the molecule is Nc1cccc(-c2nc3cc(C(C(F)(F)F)C(F)(F)F)ccc3o2)c1. The number of aromatic nitrogens is 1. The number of nitrogens with zero attached hydrogens (tertiary/aromatic N) is 1. The summed E-state index contributed by atoms with van der Waals surface area (Å²) in [5.41, 5.74) is 5.53. The minimum atomic E-state index is -5.47. The molecule has 0 spiro atoms. The molecule has 1 aromatic heterocycles. The second kappa shape index (κ2) is 5.68. The third-order valence-electron chi connectivity index (χ3n) is 3.53. The molecule has 0 bridgehead atoms. The molecule has 0 amide bonds. The van der Waals surface area contributed by atoms with Crippen molar-refractivity contribution in [3.8, 4) is 11.5 Å². The Labute approximate surface area is 137 Å². The lowest BCUT2D eigenvalue weighted by atomic mass is 9.97. The number of anilines is 1. The van der Waals surface area contributed by atoms with Crippen LogP contribution in [0.1, 0.15) is 11.5 Å². The molecule has 3 rings (SSSR count). The summed E-state index contributed by atoms with van der Waals surface area (Å²) in [6.07, 6.45) is -10.9. The van der Waals surface area contributed by atoms with E-state index in [-0.39, 0.29) is 17.0 Å². The van der Waals surface area contributed by atoms with Crippen molar-refractivity contribution in [2.75, 3.05) is 5.73 Å². The van der Waals surface area contributed by atoms with E-state index in [1.165, 1.54) is 6.07 Å². The summed E-state index contributed by atoms with van der Waals surface area (Å²) in [4.78, 5) is 3.97. The molecule has 132 valence electrons. The number of nitrogens with two attached hydrogens (primary N) is 1. The van der Waals surface area contributed by atoms with Gasteiger partial charge in [0.25, 0.3) is 0 Å². The molecular formula is C16H10F6N2O. The quantitative estimate of drug-likeness (QED) is 0.499. The fraction of sp³-hybridized carbons (Fsp3) is 0.188. The topological polar surface area (TPSA) is 52.0 Å². The summed E-state index contributed by atoms with van der Waals surface area (Å²) in [7, 11) is 0. The third-order valence-corrected chi connectivity index (χ3v) is 3.53. The zero-order valence-corrected chi connectivity index (χ0v) is 12.3. The van der Waals surface area contributed by atoms with Gasteiger partial charge in [0.05, 0.1) is 0 Å². The standard InChI is InChI=1S/C16H10F6N2O/c17-15(18,19)13(16(20,21)22)8-4-5-12-11(7-8)24-14(25-12)9-2-1-3-10(23)6-9/h1-7,13H,23H2. The lowest BCUT2D eigenvalue weighted by Crippen LogP contribution is -2.34. The predicted octanol–water partition coefficient (Wildman–Crippen LogP) is 5.29. The summed E-state index contributed by atoms with van der Waals surface area (Å²) in [6, 6.07) is 8.88. The molecule has 25 heavy (non-hydrogen) atoms. The Morgan fingerprint density at radius 2 is 1.60 bits per heavy atom. The van der Waals surface area contributed by atoms with Gasteiger partial charge in [-0.1, -0.05) is 12.1 Å². The van der Waals surface area contributed by atoms with Crippen LogP contribution < -0.4 is 5.73 Å². The van der Waals surface area contributed by atoms with Crippen LogP contribution in [0.5, 0.6) is 0 Å². The van der Waals surface area contributed by atoms with Gasteiger partial charge < -0.3 is 10.2 Å². The van der Waals surface area contributed by atoms with Gasteiger partial charge in [0, 0.05) is 11.3 Å². The lowest BCUT2D eigenvalue weighted by Gasteiger charge is -2.23. The lowest BCUT2D eigenvalue weighted by molar-refractivity contribution is -0.253. The van der Waals surface area contributed by atoms with Gasteiger partial charge in [0.1, 0.15) is 5.52 Å². The smallest absolute Gasteiger partial charge is 0.404 e. The van der Waals surface area contributed by atoms with Gasteiger partial charge in [-0.15, -0.1) is 0 Å². The van der Waals surface area contributed by atoms with Crippen molar-refractivity contribution < 1.29 is 30.8 Å². The van der Waals surface area contributed by atoms with Crippen LogP contribution in [0, 0.1) is 0 Å². The van der Waals surface area contributed by atoms with Crippen LogP contribution in [0.25, 0.3) is 22.6 Å². The molecule has 3 nitrogen and oxygen atoms in total. The Morgan fingerprint density at radius 1 is 0.920 bits per heavy atom. The molecule has 3 aromatic rings. The molecule has 0 fully saturated rings. The van der Waals surface area contributed by atoms with Gasteiger partial charge in [-0.25, -0.2) is 4.98 Å². The maximum atomic E-state index is 12.8. The zero-order valence-electron chi connectivity index (χ0n) is 12.3. The predicted molar refractivity (Wildman–Crippen MR) is 78.7 cm³/mol. The van der Waals surface area contributed by atoms with Crippen molar-refractivity contribution >= 4 is 16.8 Å². The van der Waals surface area contributed by atoms with Crippen LogP contribution >= 0.6 is 0 Å². The normalized spacial score (nSPS) is 12.9. The minimum Gasteiger partial charge on any atom is -0.436 e. The number of oxazole rings is 1. The van der Waals surface area contributed by atoms with Crippen molar-refractivity contribution in [3.05, 3.63) is 48.0 Å². The Morgan fingerprint density at radius 3 is 2.20 bits per heavy atom. The molecule has 0 aliphatic carbocycles. The second-order valence-electron chi connectivity index (χ2n) is 5.39. The van der Waals surface area contributed by atoms with E-state index in [0.29, 0.717) is 11.3 Å².